The molecule has 3 aromatic rings. The summed E-state index contributed by atoms with van der Waals surface area (Å²) in [6.07, 6.45) is 0.158. The number of hydrogen-bond acceptors (Lipinski definition) is 3. The average molecular weight is 357 g/mol. The van der Waals surface area contributed by atoms with Gasteiger partial charge in [0.05, 0.1) is 11.1 Å². The summed E-state index contributed by atoms with van der Waals surface area (Å²) in [5, 5.41) is 0.952. The molecule has 0 fully saturated rings. The van der Waals surface area contributed by atoms with Crippen LogP contribution in [0, 0.1) is 0 Å². The van der Waals surface area contributed by atoms with Gasteiger partial charge in [-0.15, -0.1) is 0 Å². The van der Waals surface area contributed by atoms with E-state index < -0.39 is 17.7 Å². The molecule has 0 bridgehead atoms. The monoisotopic (exact) mass is 357 g/mol. The number of pyridine rings is 1. The Kier molecular flexibility index (Phi) is 5.02. The highest BCUT2D eigenvalue weighted by Gasteiger charge is 2.29. The third kappa shape index (κ3) is 4.27. The number of ether oxygens (including phenoxy) is 1. The first kappa shape index (κ1) is 17.7. The lowest BCUT2D eigenvalue weighted by molar-refractivity contribution is -0.139. The van der Waals surface area contributed by atoms with Crippen LogP contribution < -0.4 is 0 Å². The summed E-state index contributed by atoms with van der Waals surface area (Å²) in [7, 11) is 0. The van der Waals surface area contributed by atoms with Crippen LogP contribution in [0.3, 0.4) is 0 Å². The van der Waals surface area contributed by atoms with E-state index in [0.29, 0.717) is 5.56 Å². The van der Waals surface area contributed by atoms with Crippen LogP contribution in [0.4, 0.5) is 13.2 Å². The number of nitrogens with zero attached hydrogens (tertiary/aromatic N) is 1. The Morgan fingerprint density at radius 3 is 2.50 bits per heavy atom. The summed E-state index contributed by atoms with van der Waals surface area (Å²) in [4.78, 5) is 16.1. The van der Waals surface area contributed by atoms with Gasteiger partial charge in [0, 0.05) is 23.2 Å². The maximum absolute atomic E-state index is 12.5. The fourth-order valence-electron chi connectivity index (χ4n) is 2.41. The van der Waals surface area contributed by atoms with Crippen molar-refractivity contribution in [2.75, 3.05) is 0 Å². The van der Waals surface area contributed by atoms with E-state index >= 15 is 0 Å². The largest absolute Gasteiger partial charge is 0.458 e. The van der Waals surface area contributed by atoms with Gasteiger partial charge in [0.15, 0.2) is 0 Å². The molecule has 0 saturated carbocycles. The molecule has 2 aromatic carbocycles. The van der Waals surface area contributed by atoms with E-state index in [9.17, 15) is 18.0 Å². The van der Waals surface area contributed by atoms with Crippen molar-refractivity contribution in [1.82, 2.24) is 4.98 Å². The van der Waals surface area contributed by atoms with Gasteiger partial charge in [0.2, 0.25) is 0 Å². The first-order valence-electron chi connectivity index (χ1n) is 7.78. The summed E-state index contributed by atoms with van der Waals surface area (Å²) >= 11 is 0. The Balaban J connectivity index is 1.63. The van der Waals surface area contributed by atoms with Gasteiger partial charge < -0.3 is 4.74 Å². The number of fused-ring (bicyclic) bond motifs is 1. The predicted molar refractivity (Wildman–Crippen MR) is 92.0 cm³/mol. The van der Waals surface area contributed by atoms with Gasteiger partial charge in [-0.25, -0.2) is 4.79 Å². The molecule has 1 heterocycles. The fourth-order valence-corrected chi connectivity index (χ4v) is 2.41. The number of carbonyl (C=O) groups is 1. The second-order valence-corrected chi connectivity index (χ2v) is 5.56. The van der Waals surface area contributed by atoms with Crippen LogP contribution in [-0.2, 0) is 22.3 Å². The Bertz CT molecular complexity index is 942. The number of esters is 1. The number of carbonyl (C=O) groups excluding carboxylic acids is 1. The number of alkyl halides is 3. The van der Waals surface area contributed by atoms with Crippen LogP contribution >= 0.6 is 0 Å². The fraction of sp³-hybridized carbons (Fsp3) is 0.100. The van der Waals surface area contributed by atoms with Crippen molar-refractivity contribution >= 4 is 22.9 Å². The van der Waals surface area contributed by atoms with E-state index in [4.69, 9.17) is 4.74 Å². The highest BCUT2D eigenvalue weighted by molar-refractivity contribution is 5.92. The molecule has 1 aromatic heterocycles. The highest BCUT2D eigenvalue weighted by atomic mass is 19.4. The Morgan fingerprint density at radius 2 is 1.77 bits per heavy atom. The zero-order valence-corrected chi connectivity index (χ0v) is 13.5. The molecule has 6 heteroatoms. The topological polar surface area (TPSA) is 39.2 Å². The van der Waals surface area contributed by atoms with Crippen molar-refractivity contribution in [3.8, 4) is 0 Å². The van der Waals surface area contributed by atoms with Crippen molar-refractivity contribution in [3.05, 3.63) is 83.6 Å². The zero-order valence-electron chi connectivity index (χ0n) is 13.5. The van der Waals surface area contributed by atoms with E-state index in [1.165, 1.54) is 18.2 Å². The SMILES string of the molecule is O=C(/C=C/c1cccc2cccnc12)OCc1ccc(C(F)(F)F)cc1. The molecule has 26 heavy (non-hydrogen) atoms. The molecule has 0 spiro atoms. The number of aromatic nitrogens is 1. The lowest BCUT2D eigenvalue weighted by atomic mass is 10.1. The Morgan fingerprint density at radius 1 is 1.04 bits per heavy atom. The number of halogens is 3. The Labute approximate surface area is 147 Å². The third-order valence-corrected chi connectivity index (χ3v) is 3.73. The Hall–Kier alpha value is -3.15. The summed E-state index contributed by atoms with van der Waals surface area (Å²) in [5.41, 5.74) is 1.28. The van der Waals surface area contributed by atoms with Crippen molar-refractivity contribution < 1.29 is 22.7 Å². The van der Waals surface area contributed by atoms with Gasteiger partial charge in [-0.05, 0) is 29.8 Å². The minimum Gasteiger partial charge on any atom is -0.458 e. The normalized spacial score (nSPS) is 11.8. The highest BCUT2D eigenvalue weighted by Crippen LogP contribution is 2.29. The van der Waals surface area contributed by atoms with Crippen molar-refractivity contribution in [3.63, 3.8) is 0 Å². The van der Waals surface area contributed by atoms with E-state index in [1.807, 2.05) is 30.3 Å². The maximum Gasteiger partial charge on any atom is 0.416 e. The number of hydrogen-bond donors (Lipinski definition) is 0. The molecular weight excluding hydrogens is 343 g/mol. The molecule has 0 atom stereocenters. The van der Waals surface area contributed by atoms with Gasteiger partial charge in [-0.3, -0.25) is 4.98 Å². The van der Waals surface area contributed by atoms with Crippen LogP contribution in [0.2, 0.25) is 0 Å². The number of benzene rings is 2. The summed E-state index contributed by atoms with van der Waals surface area (Å²) in [6, 6.07) is 13.8. The van der Waals surface area contributed by atoms with Crippen molar-refractivity contribution in [2.45, 2.75) is 12.8 Å². The van der Waals surface area contributed by atoms with Gasteiger partial charge in [0.25, 0.3) is 0 Å². The van der Waals surface area contributed by atoms with Crippen molar-refractivity contribution in [2.24, 2.45) is 0 Å². The summed E-state index contributed by atoms with van der Waals surface area (Å²) < 4.78 is 42.6. The minimum absolute atomic E-state index is 0.102. The molecule has 0 aliphatic heterocycles. The van der Waals surface area contributed by atoms with Crippen LogP contribution in [0.5, 0.6) is 0 Å². The smallest absolute Gasteiger partial charge is 0.416 e. The second kappa shape index (κ2) is 7.39. The molecular formula is C20H14F3NO2. The number of para-hydroxylation sites is 1. The van der Waals surface area contributed by atoms with Crippen LogP contribution in [0.15, 0.2) is 66.9 Å². The molecule has 0 aliphatic rings. The molecule has 132 valence electrons. The molecule has 0 unspecified atom stereocenters. The number of rotatable bonds is 4. The maximum atomic E-state index is 12.5. The predicted octanol–water partition coefficient (Wildman–Crippen LogP) is 5.01. The molecule has 3 nitrogen and oxygen atoms in total. The molecule has 3 rings (SSSR count). The lowest BCUT2D eigenvalue weighted by Gasteiger charge is -2.07. The summed E-state index contributed by atoms with van der Waals surface area (Å²) in [5.74, 6) is -0.585. The second-order valence-electron chi connectivity index (χ2n) is 5.56. The first-order valence-corrected chi connectivity index (χ1v) is 7.78. The molecule has 0 saturated heterocycles. The lowest BCUT2D eigenvalue weighted by Crippen LogP contribution is -2.05. The zero-order chi connectivity index (χ0) is 18.6. The molecule has 0 aliphatic carbocycles. The third-order valence-electron chi connectivity index (χ3n) is 3.73. The quantitative estimate of drug-likeness (QED) is 0.487. The van der Waals surface area contributed by atoms with Crippen LogP contribution in [0.1, 0.15) is 16.7 Å². The molecule has 0 N–H and O–H groups in total. The average Bonchev–Trinajstić information content (AvgIpc) is 2.64. The first-order chi connectivity index (χ1) is 12.4. The van der Waals surface area contributed by atoms with E-state index in [0.717, 1.165) is 28.6 Å². The minimum atomic E-state index is -4.38. The molecule has 0 radical (unpaired) electrons. The standard InChI is InChI=1S/C20H14F3NO2/c21-20(22,23)17-9-6-14(7-10-17)13-26-18(25)11-8-16-4-1-3-15-5-2-12-24-19(15)16/h1-12H,13H2/b11-8+. The van der Waals surface area contributed by atoms with E-state index in [2.05, 4.69) is 4.98 Å². The van der Waals surface area contributed by atoms with Gasteiger partial charge in [0.1, 0.15) is 6.61 Å². The van der Waals surface area contributed by atoms with E-state index in [-0.39, 0.29) is 6.61 Å². The van der Waals surface area contributed by atoms with Crippen molar-refractivity contribution in [1.29, 1.82) is 0 Å². The van der Waals surface area contributed by atoms with Gasteiger partial charge >= 0.3 is 12.1 Å². The molecule has 0 amide bonds. The van der Waals surface area contributed by atoms with Gasteiger partial charge in [-0.1, -0.05) is 36.4 Å². The van der Waals surface area contributed by atoms with E-state index in [1.54, 1.807) is 12.3 Å². The summed E-state index contributed by atoms with van der Waals surface area (Å²) in [6.45, 7) is -0.102. The van der Waals surface area contributed by atoms with Crippen LogP contribution in [-0.4, -0.2) is 11.0 Å². The van der Waals surface area contributed by atoms with Gasteiger partial charge in [-0.2, -0.15) is 13.2 Å². The van der Waals surface area contributed by atoms with Crippen LogP contribution in [0.25, 0.3) is 17.0 Å².